The van der Waals surface area contributed by atoms with Crippen molar-refractivity contribution in [3.8, 4) is 11.5 Å². The van der Waals surface area contributed by atoms with E-state index in [0.29, 0.717) is 17.3 Å². The van der Waals surface area contributed by atoms with Gasteiger partial charge in [0.2, 0.25) is 0 Å². The zero-order chi connectivity index (χ0) is 23.2. The van der Waals surface area contributed by atoms with E-state index in [1.807, 2.05) is 25.1 Å². The Balaban J connectivity index is 1.36. The lowest BCUT2D eigenvalue weighted by molar-refractivity contribution is -0.122. The third kappa shape index (κ3) is 5.52. The lowest BCUT2D eigenvalue weighted by atomic mass is 10.2. The molecule has 3 aromatic rings. The van der Waals surface area contributed by atoms with Gasteiger partial charge in [0, 0.05) is 37.9 Å². The highest BCUT2D eigenvalue weighted by molar-refractivity contribution is 5.93. The van der Waals surface area contributed by atoms with Crippen LogP contribution in [0, 0.1) is 6.92 Å². The molecule has 8 nitrogen and oxygen atoms in total. The molecule has 0 spiro atoms. The second kappa shape index (κ2) is 10.2. The second-order valence-corrected chi connectivity index (χ2v) is 7.97. The summed E-state index contributed by atoms with van der Waals surface area (Å²) in [6.45, 7) is 7.15. The molecule has 1 N–H and O–H groups in total. The van der Waals surface area contributed by atoms with Crippen molar-refractivity contribution in [2.75, 3.05) is 48.4 Å². The number of anilines is 3. The number of hydrogen-bond donors (Lipinski definition) is 1. The number of nitrogens with one attached hydrogen (secondary N) is 1. The first-order valence-electron chi connectivity index (χ1n) is 11.0. The molecule has 1 aromatic heterocycles. The third-order valence-electron chi connectivity index (χ3n) is 5.62. The Morgan fingerprint density at radius 1 is 0.970 bits per heavy atom. The van der Waals surface area contributed by atoms with Crippen molar-refractivity contribution >= 4 is 23.2 Å². The number of piperazine rings is 1. The molecule has 33 heavy (non-hydrogen) atoms. The van der Waals surface area contributed by atoms with Gasteiger partial charge >= 0.3 is 0 Å². The standard InChI is InChI=1S/C25H29N5O3/c1-18-9-10-21(22(15-18)32-3)33-19(2)25(31)28-23-16-24(27-17-26-23)30-13-11-29(12-14-30)20-7-5-4-6-8-20/h4-10,15-17,19H,11-14H2,1-3H3,(H,26,27,28,31). The van der Waals surface area contributed by atoms with E-state index in [4.69, 9.17) is 9.47 Å². The van der Waals surface area contributed by atoms with E-state index in [1.165, 1.54) is 12.0 Å². The van der Waals surface area contributed by atoms with E-state index < -0.39 is 6.10 Å². The van der Waals surface area contributed by atoms with Gasteiger partial charge in [0.1, 0.15) is 18.0 Å². The number of methoxy groups -OCH3 is 1. The molecule has 2 heterocycles. The quantitative estimate of drug-likeness (QED) is 0.594. The number of carbonyl (C=O) groups is 1. The van der Waals surface area contributed by atoms with Gasteiger partial charge in [-0.05, 0) is 43.7 Å². The van der Waals surface area contributed by atoms with Crippen LogP contribution in [0.1, 0.15) is 12.5 Å². The van der Waals surface area contributed by atoms with Crippen LogP contribution in [0.2, 0.25) is 0 Å². The second-order valence-electron chi connectivity index (χ2n) is 7.97. The Hall–Kier alpha value is -3.81. The van der Waals surface area contributed by atoms with Crippen LogP contribution < -0.4 is 24.6 Å². The van der Waals surface area contributed by atoms with Crippen LogP contribution in [-0.2, 0) is 4.79 Å². The molecule has 0 radical (unpaired) electrons. The van der Waals surface area contributed by atoms with Crippen molar-refractivity contribution in [1.82, 2.24) is 9.97 Å². The first-order valence-corrected chi connectivity index (χ1v) is 11.0. The van der Waals surface area contributed by atoms with Gasteiger partial charge in [-0.2, -0.15) is 0 Å². The molecule has 4 rings (SSSR count). The van der Waals surface area contributed by atoms with Crippen molar-refractivity contribution in [2.24, 2.45) is 0 Å². The fraction of sp³-hybridized carbons (Fsp3) is 0.320. The smallest absolute Gasteiger partial charge is 0.266 e. The van der Waals surface area contributed by atoms with E-state index in [1.54, 1.807) is 26.2 Å². The maximum absolute atomic E-state index is 12.7. The number of carbonyl (C=O) groups excluding carboxylic acids is 1. The summed E-state index contributed by atoms with van der Waals surface area (Å²) in [6.07, 6.45) is 0.748. The highest BCUT2D eigenvalue weighted by Gasteiger charge is 2.21. The number of ether oxygens (including phenoxy) is 2. The van der Waals surface area contributed by atoms with Gasteiger partial charge in [-0.25, -0.2) is 9.97 Å². The largest absolute Gasteiger partial charge is 0.493 e. The van der Waals surface area contributed by atoms with Crippen LogP contribution in [-0.4, -0.2) is 55.3 Å². The van der Waals surface area contributed by atoms with Crippen LogP contribution in [0.4, 0.5) is 17.3 Å². The van der Waals surface area contributed by atoms with E-state index in [2.05, 4.69) is 49.4 Å². The molecule has 1 amide bonds. The first-order chi connectivity index (χ1) is 16.0. The molecule has 1 unspecified atom stereocenters. The van der Waals surface area contributed by atoms with Crippen LogP contribution in [0.3, 0.4) is 0 Å². The number of amides is 1. The fourth-order valence-corrected chi connectivity index (χ4v) is 3.76. The number of aromatic nitrogens is 2. The lowest BCUT2D eigenvalue weighted by Crippen LogP contribution is -2.46. The molecular weight excluding hydrogens is 418 g/mol. The van der Waals surface area contributed by atoms with Crippen molar-refractivity contribution in [1.29, 1.82) is 0 Å². The van der Waals surface area contributed by atoms with Crippen LogP contribution >= 0.6 is 0 Å². The molecule has 1 aliphatic heterocycles. The van der Waals surface area contributed by atoms with Crippen molar-refractivity contribution in [3.05, 3.63) is 66.5 Å². The molecule has 0 bridgehead atoms. The normalized spacial score (nSPS) is 14.5. The summed E-state index contributed by atoms with van der Waals surface area (Å²) >= 11 is 0. The zero-order valence-corrected chi connectivity index (χ0v) is 19.2. The Kier molecular flexibility index (Phi) is 6.92. The predicted molar refractivity (Wildman–Crippen MR) is 129 cm³/mol. The van der Waals surface area contributed by atoms with Gasteiger partial charge in [0.15, 0.2) is 17.6 Å². The number of para-hydroxylation sites is 1. The maximum atomic E-state index is 12.7. The SMILES string of the molecule is COc1cc(C)ccc1OC(C)C(=O)Nc1cc(N2CCN(c3ccccc3)CC2)ncn1. The highest BCUT2D eigenvalue weighted by Crippen LogP contribution is 2.29. The highest BCUT2D eigenvalue weighted by atomic mass is 16.5. The Morgan fingerprint density at radius 2 is 1.70 bits per heavy atom. The van der Waals surface area contributed by atoms with E-state index >= 15 is 0 Å². The summed E-state index contributed by atoms with van der Waals surface area (Å²) in [6, 6.07) is 17.8. The van der Waals surface area contributed by atoms with Gasteiger partial charge in [-0.15, -0.1) is 0 Å². The Morgan fingerprint density at radius 3 is 2.42 bits per heavy atom. The van der Waals surface area contributed by atoms with E-state index in [-0.39, 0.29) is 5.91 Å². The molecular formula is C25H29N5O3. The van der Waals surface area contributed by atoms with E-state index in [9.17, 15) is 4.79 Å². The summed E-state index contributed by atoms with van der Waals surface area (Å²) in [4.78, 5) is 25.9. The van der Waals surface area contributed by atoms with Crippen LogP contribution in [0.15, 0.2) is 60.9 Å². The summed E-state index contributed by atoms with van der Waals surface area (Å²) in [5.41, 5.74) is 2.28. The monoisotopic (exact) mass is 447 g/mol. The summed E-state index contributed by atoms with van der Waals surface area (Å²) in [7, 11) is 1.58. The summed E-state index contributed by atoms with van der Waals surface area (Å²) in [5, 5.41) is 2.83. The molecule has 1 saturated heterocycles. The third-order valence-corrected chi connectivity index (χ3v) is 5.62. The Bertz CT molecular complexity index is 1080. The van der Waals surface area contributed by atoms with Gasteiger partial charge in [0.05, 0.1) is 7.11 Å². The molecule has 8 heteroatoms. The minimum atomic E-state index is -0.727. The minimum absolute atomic E-state index is 0.295. The summed E-state index contributed by atoms with van der Waals surface area (Å²) < 4.78 is 11.2. The summed E-state index contributed by atoms with van der Waals surface area (Å²) in [5.74, 6) is 2.05. The topological polar surface area (TPSA) is 79.8 Å². The minimum Gasteiger partial charge on any atom is -0.493 e. The molecule has 0 aliphatic carbocycles. The average molecular weight is 448 g/mol. The van der Waals surface area contributed by atoms with Crippen LogP contribution in [0.25, 0.3) is 0 Å². The van der Waals surface area contributed by atoms with Gasteiger partial charge in [-0.1, -0.05) is 24.3 Å². The zero-order valence-electron chi connectivity index (χ0n) is 19.2. The number of aryl methyl sites for hydroxylation is 1. The van der Waals surface area contributed by atoms with Crippen molar-refractivity contribution in [2.45, 2.75) is 20.0 Å². The van der Waals surface area contributed by atoms with Crippen LogP contribution in [0.5, 0.6) is 11.5 Å². The fourth-order valence-electron chi connectivity index (χ4n) is 3.76. The molecule has 2 aromatic carbocycles. The number of nitrogens with zero attached hydrogens (tertiary/aromatic N) is 4. The van der Waals surface area contributed by atoms with Gasteiger partial charge in [-0.3, -0.25) is 4.79 Å². The number of benzene rings is 2. The average Bonchev–Trinajstić information content (AvgIpc) is 2.86. The number of hydrogen-bond acceptors (Lipinski definition) is 7. The molecule has 172 valence electrons. The van der Waals surface area contributed by atoms with Gasteiger partial charge in [0.25, 0.3) is 5.91 Å². The lowest BCUT2D eigenvalue weighted by Gasteiger charge is -2.36. The maximum Gasteiger partial charge on any atom is 0.266 e. The first kappa shape index (κ1) is 22.4. The Labute approximate surface area is 194 Å². The number of rotatable bonds is 7. The molecule has 1 aliphatic rings. The predicted octanol–water partition coefficient (Wildman–Crippen LogP) is 3.53. The van der Waals surface area contributed by atoms with Gasteiger partial charge < -0.3 is 24.6 Å². The van der Waals surface area contributed by atoms with E-state index in [0.717, 1.165) is 37.6 Å². The molecule has 1 atom stereocenters. The molecule has 0 saturated carbocycles. The van der Waals surface area contributed by atoms with Crippen molar-refractivity contribution < 1.29 is 14.3 Å². The van der Waals surface area contributed by atoms with Crippen molar-refractivity contribution in [3.63, 3.8) is 0 Å². The molecule has 1 fully saturated rings.